The highest BCUT2D eigenvalue weighted by molar-refractivity contribution is 5.77. The normalized spacial score (nSPS) is 13.1. The fourth-order valence-corrected chi connectivity index (χ4v) is 2.58. The van der Waals surface area contributed by atoms with Crippen LogP contribution in [0.1, 0.15) is 24.5 Å². The van der Waals surface area contributed by atoms with E-state index >= 15 is 0 Å². The number of hydrogen-bond donors (Lipinski definition) is 1. The van der Waals surface area contributed by atoms with E-state index in [-0.39, 0.29) is 12.5 Å². The Hall–Kier alpha value is -2.33. The summed E-state index contributed by atoms with van der Waals surface area (Å²) < 4.78 is 11.3. The number of nitrogens with one attached hydrogen (secondary N) is 1. The van der Waals surface area contributed by atoms with Crippen molar-refractivity contribution in [1.82, 2.24) is 5.32 Å². The molecule has 2 aromatic carbocycles. The van der Waals surface area contributed by atoms with Crippen molar-refractivity contribution in [2.75, 3.05) is 20.3 Å². The van der Waals surface area contributed by atoms with Crippen LogP contribution in [0, 0.1) is 6.92 Å². The number of carbonyl (C=O) groups excluding carboxylic acids is 1. The molecule has 0 bridgehead atoms. The van der Waals surface area contributed by atoms with Crippen molar-refractivity contribution in [3.63, 3.8) is 0 Å². The molecule has 2 aromatic rings. The Morgan fingerprint density at radius 3 is 2.33 bits per heavy atom. The van der Waals surface area contributed by atoms with Crippen LogP contribution in [0.3, 0.4) is 0 Å². The van der Waals surface area contributed by atoms with E-state index in [0.717, 1.165) is 17.5 Å². The standard InChI is InChI=1S/C20H25NO3/c1-4-20(23-3,17-8-6-5-7-9-17)15-21-19(22)14-24-18-12-10-16(2)11-13-18/h5-13H,4,14-15H2,1-3H3,(H,21,22). The lowest BCUT2D eigenvalue weighted by atomic mass is 9.90. The van der Waals surface area contributed by atoms with Gasteiger partial charge in [-0.3, -0.25) is 4.79 Å². The van der Waals surface area contributed by atoms with Gasteiger partial charge in [-0.2, -0.15) is 0 Å². The van der Waals surface area contributed by atoms with Gasteiger partial charge in [0.15, 0.2) is 6.61 Å². The Kier molecular flexibility index (Phi) is 6.38. The first-order chi connectivity index (χ1) is 11.6. The van der Waals surface area contributed by atoms with Gasteiger partial charge in [0.25, 0.3) is 5.91 Å². The lowest BCUT2D eigenvalue weighted by Crippen LogP contribution is -2.43. The molecule has 1 N–H and O–H groups in total. The molecular formula is C20H25NO3. The quantitative estimate of drug-likeness (QED) is 0.808. The fraction of sp³-hybridized carbons (Fsp3) is 0.350. The molecule has 0 heterocycles. The zero-order chi connectivity index (χ0) is 17.4. The SMILES string of the molecule is CCC(CNC(=O)COc1ccc(C)cc1)(OC)c1ccccc1. The van der Waals surface area contributed by atoms with Crippen LogP contribution in [0.4, 0.5) is 0 Å². The van der Waals surface area contributed by atoms with E-state index < -0.39 is 5.60 Å². The number of ether oxygens (including phenoxy) is 2. The van der Waals surface area contributed by atoms with Gasteiger partial charge in [0.05, 0.1) is 6.54 Å². The molecule has 0 radical (unpaired) electrons. The van der Waals surface area contributed by atoms with Crippen LogP contribution in [-0.4, -0.2) is 26.2 Å². The molecule has 1 unspecified atom stereocenters. The van der Waals surface area contributed by atoms with Gasteiger partial charge in [-0.25, -0.2) is 0 Å². The van der Waals surface area contributed by atoms with Crippen LogP contribution in [0.25, 0.3) is 0 Å². The molecule has 128 valence electrons. The maximum absolute atomic E-state index is 12.1. The van der Waals surface area contributed by atoms with Crippen molar-refractivity contribution in [1.29, 1.82) is 0 Å². The minimum Gasteiger partial charge on any atom is -0.484 e. The summed E-state index contributed by atoms with van der Waals surface area (Å²) in [5.41, 5.74) is 1.68. The molecule has 0 aliphatic heterocycles. The monoisotopic (exact) mass is 327 g/mol. The number of hydrogen-bond acceptors (Lipinski definition) is 3. The van der Waals surface area contributed by atoms with E-state index in [1.165, 1.54) is 0 Å². The Morgan fingerprint density at radius 1 is 1.08 bits per heavy atom. The summed E-state index contributed by atoms with van der Waals surface area (Å²) in [6.45, 7) is 4.45. The van der Waals surface area contributed by atoms with Crippen LogP contribution in [0.5, 0.6) is 5.75 Å². The minimum atomic E-state index is -0.527. The Morgan fingerprint density at radius 2 is 1.75 bits per heavy atom. The largest absolute Gasteiger partial charge is 0.484 e. The molecule has 2 rings (SSSR count). The number of carbonyl (C=O) groups is 1. The van der Waals surface area contributed by atoms with Gasteiger partial charge in [-0.1, -0.05) is 55.0 Å². The van der Waals surface area contributed by atoms with Crippen molar-refractivity contribution >= 4 is 5.91 Å². The van der Waals surface area contributed by atoms with Crippen LogP contribution in [0.2, 0.25) is 0 Å². The number of methoxy groups -OCH3 is 1. The third-order valence-corrected chi connectivity index (χ3v) is 4.22. The Bertz CT molecular complexity index is 634. The van der Waals surface area contributed by atoms with Crippen LogP contribution < -0.4 is 10.1 Å². The highest BCUT2D eigenvalue weighted by atomic mass is 16.5. The average molecular weight is 327 g/mol. The molecule has 1 atom stereocenters. The molecular weight excluding hydrogens is 302 g/mol. The molecule has 0 saturated heterocycles. The topological polar surface area (TPSA) is 47.6 Å². The summed E-state index contributed by atoms with van der Waals surface area (Å²) in [6, 6.07) is 17.6. The van der Waals surface area contributed by atoms with Crippen molar-refractivity contribution < 1.29 is 14.3 Å². The van der Waals surface area contributed by atoms with Gasteiger partial charge in [0.2, 0.25) is 0 Å². The highest BCUT2D eigenvalue weighted by Crippen LogP contribution is 2.28. The van der Waals surface area contributed by atoms with Gasteiger partial charge in [-0.15, -0.1) is 0 Å². The second-order valence-corrected chi connectivity index (χ2v) is 5.80. The number of aryl methyl sites for hydroxylation is 1. The third-order valence-electron chi connectivity index (χ3n) is 4.22. The van der Waals surface area contributed by atoms with E-state index in [0.29, 0.717) is 12.3 Å². The van der Waals surface area contributed by atoms with E-state index in [2.05, 4.69) is 5.32 Å². The highest BCUT2D eigenvalue weighted by Gasteiger charge is 2.30. The second-order valence-electron chi connectivity index (χ2n) is 5.80. The molecule has 0 saturated carbocycles. The predicted molar refractivity (Wildman–Crippen MR) is 95.1 cm³/mol. The zero-order valence-corrected chi connectivity index (χ0v) is 14.5. The van der Waals surface area contributed by atoms with Crippen LogP contribution in [-0.2, 0) is 15.1 Å². The van der Waals surface area contributed by atoms with Crippen LogP contribution in [0.15, 0.2) is 54.6 Å². The molecule has 4 heteroatoms. The third kappa shape index (κ3) is 4.59. The van der Waals surface area contributed by atoms with Gasteiger partial charge in [0.1, 0.15) is 11.4 Å². The number of benzene rings is 2. The Balaban J connectivity index is 1.92. The summed E-state index contributed by atoms with van der Waals surface area (Å²) in [5, 5.41) is 2.92. The van der Waals surface area contributed by atoms with Crippen molar-refractivity contribution in [2.24, 2.45) is 0 Å². The zero-order valence-electron chi connectivity index (χ0n) is 14.5. The summed E-state index contributed by atoms with van der Waals surface area (Å²) in [4.78, 5) is 12.1. The molecule has 0 aliphatic carbocycles. The number of rotatable bonds is 8. The predicted octanol–water partition coefficient (Wildman–Crippen LogP) is 3.44. The molecule has 1 amide bonds. The lowest BCUT2D eigenvalue weighted by Gasteiger charge is -2.32. The van der Waals surface area contributed by atoms with E-state index in [1.54, 1.807) is 7.11 Å². The van der Waals surface area contributed by atoms with Crippen molar-refractivity contribution in [3.8, 4) is 5.75 Å². The van der Waals surface area contributed by atoms with Gasteiger partial charge in [0, 0.05) is 7.11 Å². The van der Waals surface area contributed by atoms with Crippen molar-refractivity contribution in [2.45, 2.75) is 25.9 Å². The van der Waals surface area contributed by atoms with E-state index in [1.807, 2.05) is 68.4 Å². The molecule has 4 nitrogen and oxygen atoms in total. The minimum absolute atomic E-state index is 0.0125. The van der Waals surface area contributed by atoms with E-state index in [9.17, 15) is 4.79 Å². The number of amides is 1. The first-order valence-electron chi connectivity index (χ1n) is 8.16. The first kappa shape index (κ1) is 18.0. The molecule has 0 aromatic heterocycles. The average Bonchev–Trinajstić information content (AvgIpc) is 2.63. The summed E-state index contributed by atoms with van der Waals surface area (Å²) in [5.74, 6) is 0.522. The first-order valence-corrected chi connectivity index (χ1v) is 8.16. The van der Waals surface area contributed by atoms with Gasteiger partial charge in [-0.05, 0) is 31.0 Å². The molecule has 0 fully saturated rings. The maximum Gasteiger partial charge on any atom is 0.258 e. The summed E-state index contributed by atoms with van der Waals surface area (Å²) in [6.07, 6.45) is 0.757. The smallest absolute Gasteiger partial charge is 0.258 e. The van der Waals surface area contributed by atoms with E-state index in [4.69, 9.17) is 9.47 Å². The Labute approximate surface area is 143 Å². The van der Waals surface area contributed by atoms with Crippen LogP contribution >= 0.6 is 0 Å². The van der Waals surface area contributed by atoms with Crippen molar-refractivity contribution in [3.05, 3.63) is 65.7 Å². The molecule has 0 aliphatic rings. The van der Waals surface area contributed by atoms with Gasteiger partial charge < -0.3 is 14.8 Å². The summed E-state index contributed by atoms with van der Waals surface area (Å²) in [7, 11) is 1.67. The molecule has 0 spiro atoms. The second kappa shape index (κ2) is 8.50. The summed E-state index contributed by atoms with van der Waals surface area (Å²) >= 11 is 0. The fourth-order valence-electron chi connectivity index (χ4n) is 2.58. The maximum atomic E-state index is 12.1. The lowest BCUT2D eigenvalue weighted by molar-refractivity contribution is -0.125. The molecule has 24 heavy (non-hydrogen) atoms. The van der Waals surface area contributed by atoms with Gasteiger partial charge >= 0.3 is 0 Å².